The Kier molecular flexibility index (Phi) is 4.69. The van der Waals surface area contributed by atoms with Crippen LogP contribution in [0, 0.1) is 5.92 Å². The van der Waals surface area contributed by atoms with E-state index in [1.165, 1.54) is 25.8 Å². The molecule has 22 heavy (non-hydrogen) atoms. The summed E-state index contributed by atoms with van der Waals surface area (Å²) in [5.74, 6) is 0.945. The van der Waals surface area contributed by atoms with Crippen LogP contribution in [0.2, 0.25) is 0 Å². The third-order valence-electron chi connectivity index (χ3n) is 5.55. The second-order valence-corrected chi connectivity index (χ2v) is 7.61. The highest BCUT2D eigenvalue weighted by atomic mass is 16.6. The van der Waals surface area contributed by atoms with Crippen molar-refractivity contribution in [2.75, 3.05) is 65.7 Å². The van der Waals surface area contributed by atoms with Crippen LogP contribution in [0.5, 0.6) is 0 Å². The first kappa shape index (κ1) is 15.3. The SMILES string of the molecule is C1CN(CC2CCC3(COCCN(CC4CC4)C3)O2)CCO1. The zero-order valence-electron chi connectivity index (χ0n) is 13.7. The fourth-order valence-electron chi connectivity index (χ4n) is 4.12. The van der Waals surface area contributed by atoms with Crippen molar-refractivity contribution in [3.05, 3.63) is 0 Å². The lowest BCUT2D eigenvalue weighted by molar-refractivity contribution is -0.0964. The number of hydrogen-bond acceptors (Lipinski definition) is 5. The van der Waals surface area contributed by atoms with E-state index in [1.807, 2.05) is 0 Å². The Hall–Kier alpha value is -0.200. The Morgan fingerprint density at radius 2 is 1.64 bits per heavy atom. The molecule has 4 fully saturated rings. The Balaban J connectivity index is 1.32. The molecule has 126 valence electrons. The molecule has 0 aromatic rings. The summed E-state index contributed by atoms with van der Waals surface area (Å²) < 4.78 is 17.9. The minimum Gasteiger partial charge on any atom is -0.379 e. The van der Waals surface area contributed by atoms with Gasteiger partial charge in [-0.1, -0.05) is 0 Å². The van der Waals surface area contributed by atoms with E-state index < -0.39 is 0 Å². The third-order valence-corrected chi connectivity index (χ3v) is 5.55. The van der Waals surface area contributed by atoms with Crippen LogP contribution >= 0.6 is 0 Å². The van der Waals surface area contributed by atoms with Crippen molar-refractivity contribution in [3.8, 4) is 0 Å². The van der Waals surface area contributed by atoms with Crippen LogP contribution in [0.1, 0.15) is 25.7 Å². The molecule has 1 spiro atoms. The van der Waals surface area contributed by atoms with Gasteiger partial charge in [-0.3, -0.25) is 9.80 Å². The molecule has 0 N–H and O–H groups in total. The van der Waals surface area contributed by atoms with Gasteiger partial charge in [0.1, 0.15) is 5.60 Å². The predicted octanol–water partition coefficient (Wildman–Crippen LogP) is 0.979. The Morgan fingerprint density at radius 1 is 0.864 bits per heavy atom. The van der Waals surface area contributed by atoms with Crippen molar-refractivity contribution in [2.45, 2.75) is 37.4 Å². The molecule has 2 unspecified atom stereocenters. The van der Waals surface area contributed by atoms with Gasteiger partial charge in [-0.15, -0.1) is 0 Å². The van der Waals surface area contributed by atoms with E-state index in [0.717, 1.165) is 71.5 Å². The van der Waals surface area contributed by atoms with Crippen molar-refractivity contribution < 1.29 is 14.2 Å². The number of ether oxygens (including phenoxy) is 3. The quantitative estimate of drug-likeness (QED) is 0.773. The van der Waals surface area contributed by atoms with Gasteiger partial charge in [0.2, 0.25) is 0 Å². The summed E-state index contributed by atoms with van der Waals surface area (Å²) in [6.07, 6.45) is 5.55. The number of nitrogens with zero attached hydrogens (tertiary/aromatic N) is 2. The van der Waals surface area contributed by atoms with Gasteiger partial charge in [0.15, 0.2) is 0 Å². The highest BCUT2D eigenvalue weighted by Gasteiger charge is 2.44. The highest BCUT2D eigenvalue weighted by molar-refractivity contribution is 4.95. The fourth-order valence-corrected chi connectivity index (χ4v) is 4.12. The normalized spacial score (nSPS) is 38.5. The first-order chi connectivity index (χ1) is 10.8. The summed E-state index contributed by atoms with van der Waals surface area (Å²) in [6.45, 7) is 9.97. The minimum atomic E-state index is -0.0393. The van der Waals surface area contributed by atoms with E-state index in [2.05, 4.69) is 9.80 Å². The molecule has 0 amide bonds. The maximum atomic E-state index is 6.56. The van der Waals surface area contributed by atoms with Gasteiger partial charge >= 0.3 is 0 Å². The summed E-state index contributed by atoms with van der Waals surface area (Å²) in [5, 5.41) is 0. The van der Waals surface area contributed by atoms with E-state index >= 15 is 0 Å². The summed E-state index contributed by atoms with van der Waals surface area (Å²) in [4.78, 5) is 5.09. The molecule has 0 radical (unpaired) electrons. The van der Waals surface area contributed by atoms with Gasteiger partial charge in [0, 0.05) is 39.3 Å². The summed E-state index contributed by atoms with van der Waals surface area (Å²) in [5.41, 5.74) is -0.0393. The van der Waals surface area contributed by atoms with Crippen LogP contribution < -0.4 is 0 Å². The lowest BCUT2D eigenvalue weighted by Gasteiger charge is -2.33. The molecule has 2 atom stereocenters. The molecule has 3 saturated heterocycles. The zero-order valence-corrected chi connectivity index (χ0v) is 13.7. The maximum absolute atomic E-state index is 6.56. The smallest absolute Gasteiger partial charge is 0.105 e. The van der Waals surface area contributed by atoms with E-state index in [1.54, 1.807) is 0 Å². The monoisotopic (exact) mass is 310 g/mol. The van der Waals surface area contributed by atoms with Crippen LogP contribution in [0.3, 0.4) is 0 Å². The largest absolute Gasteiger partial charge is 0.379 e. The highest BCUT2D eigenvalue weighted by Crippen LogP contribution is 2.35. The van der Waals surface area contributed by atoms with E-state index in [0.29, 0.717) is 6.10 Å². The molecule has 4 rings (SSSR count). The number of morpholine rings is 1. The molecule has 1 saturated carbocycles. The zero-order chi connectivity index (χ0) is 14.8. The standard InChI is InChI=1S/C17H30N2O3/c1-2-15(1)11-19-7-10-21-14-17(13-19)4-3-16(22-17)12-18-5-8-20-9-6-18/h15-16H,1-14H2. The third kappa shape index (κ3) is 3.82. The second-order valence-electron chi connectivity index (χ2n) is 7.61. The molecule has 0 bridgehead atoms. The number of hydrogen-bond donors (Lipinski definition) is 0. The van der Waals surface area contributed by atoms with Crippen LogP contribution in [0.25, 0.3) is 0 Å². The molecule has 3 heterocycles. The number of rotatable bonds is 4. The molecule has 1 aliphatic carbocycles. The molecule has 5 nitrogen and oxygen atoms in total. The molecule has 5 heteroatoms. The van der Waals surface area contributed by atoms with Crippen LogP contribution in [-0.2, 0) is 14.2 Å². The minimum absolute atomic E-state index is 0.0393. The van der Waals surface area contributed by atoms with Gasteiger partial charge in [0.05, 0.1) is 32.5 Å². The lowest BCUT2D eigenvalue weighted by Crippen LogP contribution is -2.46. The Bertz CT molecular complexity index is 371. The average molecular weight is 310 g/mol. The Morgan fingerprint density at radius 3 is 2.45 bits per heavy atom. The van der Waals surface area contributed by atoms with E-state index in [9.17, 15) is 0 Å². The summed E-state index contributed by atoms with van der Waals surface area (Å²) in [7, 11) is 0. The molecule has 4 aliphatic rings. The topological polar surface area (TPSA) is 34.2 Å². The van der Waals surface area contributed by atoms with Gasteiger partial charge in [-0.05, 0) is 31.6 Å². The van der Waals surface area contributed by atoms with E-state index in [-0.39, 0.29) is 5.60 Å². The lowest BCUT2D eigenvalue weighted by atomic mass is 10.00. The molecule has 3 aliphatic heterocycles. The first-order valence-electron chi connectivity index (χ1n) is 9.09. The van der Waals surface area contributed by atoms with Crippen LogP contribution in [0.4, 0.5) is 0 Å². The van der Waals surface area contributed by atoms with Gasteiger partial charge < -0.3 is 14.2 Å². The average Bonchev–Trinajstić information content (AvgIpc) is 3.29. The van der Waals surface area contributed by atoms with Crippen molar-refractivity contribution in [1.82, 2.24) is 9.80 Å². The van der Waals surface area contributed by atoms with E-state index in [4.69, 9.17) is 14.2 Å². The fraction of sp³-hybridized carbons (Fsp3) is 1.00. The van der Waals surface area contributed by atoms with Crippen molar-refractivity contribution in [1.29, 1.82) is 0 Å². The molecular weight excluding hydrogens is 280 g/mol. The van der Waals surface area contributed by atoms with Crippen molar-refractivity contribution in [2.24, 2.45) is 5.92 Å². The Labute approximate surface area is 133 Å². The molecular formula is C17H30N2O3. The molecule has 0 aromatic heterocycles. The van der Waals surface area contributed by atoms with Crippen LogP contribution in [0.15, 0.2) is 0 Å². The second kappa shape index (κ2) is 6.73. The summed E-state index contributed by atoms with van der Waals surface area (Å²) >= 11 is 0. The van der Waals surface area contributed by atoms with Gasteiger partial charge in [0.25, 0.3) is 0 Å². The van der Waals surface area contributed by atoms with Crippen molar-refractivity contribution in [3.63, 3.8) is 0 Å². The first-order valence-corrected chi connectivity index (χ1v) is 9.09. The van der Waals surface area contributed by atoms with Gasteiger partial charge in [-0.2, -0.15) is 0 Å². The predicted molar refractivity (Wildman–Crippen MR) is 84.1 cm³/mol. The van der Waals surface area contributed by atoms with Crippen LogP contribution in [-0.4, -0.2) is 87.2 Å². The van der Waals surface area contributed by atoms with Crippen molar-refractivity contribution >= 4 is 0 Å². The maximum Gasteiger partial charge on any atom is 0.105 e. The summed E-state index contributed by atoms with van der Waals surface area (Å²) in [6, 6.07) is 0. The molecule has 0 aromatic carbocycles. The van der Waals surface area contributed by atoms with Gasteiger partial charge in [-0.25, -0.2) is 0 Å².